The Bertz CT molecular complexity index is 968. The van der Waals surface area contributed by atoms with Crippen molar-refractivity contribution in [3.8, 4) is 0 Å². The van der Waals surface area contributed by atoms with Gasteiger partial charge in [-0.25, -0.2) is 0 Å². The van der Waals surface area contributed by atoms with Crippen molar-refractivity contribution in [1.29, 1.82) is 0 Å². The number of aromatic nitrogens is 1. The van der Waals surface area contributed by atoms with Crippen LogP contribution >= 0.6 is 0 Å². The molecular formula is C21H21N3O2. The second kappa shape index (κ2) is 6.67. The molecule has 2 aromatic carbocycles. The molecule has 5 nitrogen and oxygen atoms in total. The number of carbonyl (C=O) groups excluding carboxylic acids is 2. The number of nitrogens with zero attached hydrogens (tertiary/aromatic N) is 2. The van der Waals surface area contributed by atoms with Crippen LogP contribution in [0.25, 0.3) is 10.9 Å². The van der Waals surface area contributed by atoms with Gasteiger partial charge in [0.1, 0.15) is 0 Å². The monoisotopic (exact) mass is 347 g/mol. The number of H-pyrrole nitrogens is 1. The van der Waals surface area contributed by atoms with E-state index in [1.807, 2.05) is 59.6 Å². The summed E-state index contributed by atoms with van der Waals surface area (Å²) in [6.07, 6.45) is 1.86. The van der Waals surface area contributed by atoms with Crippen LogP contribution in [0.2, 0.25) is 0 Å². The van der Waals surface area contributed by atoms with Crippen molar-refractivity contribution in [3.05, 3.63) is 65.9 Å². The van der Waals surface area contributed by atoms with E-state index in [2.05, 4.69) is 9.88 Å². The number of fused-ring (bicyclic) bond motifs is 1. The quantitative estimate of drug-likeness (QED) is 0.740. The molecule has 2 heterocycles. The van der Waals surface area contributed by atoms with Crippen LogP contribution in [-0.4, -0.2) is 47.8 Å². The summed E-state index contributed by atoms with van der Waals surface area (Å²) in [5.41, 5.74) is 3.30. The van der Waals surface area contributed by atoms with Crippen LogP contribution in [-0.2, 0) is 0 Å². The molecule has 1 fully saturated rings. The number of benzene rings is 2. The highest BCUT2D eigenvalue weighted by Gasteiger charge is 2.25. The highest BCUT2D eigenvalue weighted by atomic mass is 16.2. The van der Waals surface area contributed by atoms with E-state index in [0.29, 0.717) is 18.7 Å². The maximum Gasteiger partial charge on any atom is 0.256 e. The summed E-state index contributed by atoms with van der Waals surface area (Å²) in [7, 11) is 0. The van der Waals surface area contributed by atoms with Crippen LogP contribution in [0.15, 0.2) is 54.7 Å². The van der Waals surface area contributed by atoms with Crippen LogP contribution in [0.5, 0.6) is 0 Å². The number of hydrogen-bond donors (Lipinski definition) is 1. The maximum atomic E-state index is 13.0. The van der Waals surface area contributed by atoms with Gasteiger partial charge in [0.2, 0.25) is 0 Å². The van der Waals surface area contributed by atoms with Crippen LogP contribution in [0.4, 0.5) is 5.69 Å². The van der Waals surface area contributed by atoms with Gasteiger partial charge < -0.3 is 14.8 Å². The van der Waals surface area contributed by atoms with Crippen molar-refractivity contribution in [2.24, 2.45) is 0 Å². The molecule has 1 saturated heterocycles. The second-order valence-corrected chi connectivity index (χ2v) is 6.60. The lowest BCUT2D eigenvalue weighted by molar-refractivity contribution is 0.0748. The Morgan fingerprint density at radius 1 is 0.885 bits per heavy atom. The third-order valence-electron chi connectivity index (χ3n) is 5.01. The van der Waals surface area contributed by atoms with Gasteiger partial charge in [0.15, 0.2) is 5.78 Å². The van der Waals surface area contributed by atoms with Gasteiger partial charge in [-0.3, -0.25) is 9.59 Å². The first-order valence-electron chi connectivity index (χ1n) is 8.85. The Balaban J connectivity index is 1.51. The van der Waals surface area contributed by atoms with Gasteiger partial charge in [-0.05, 0) is 31.2 Å². The van der Waals surface area contributed by atoms with Crippen molar-refractivity contribution >= 4 is 28.3 Å². The number of anilines is 1. The van der Waals surface area contributed by atoms with E-state index in [-0.39, 0.29) is 11.7 Å². The molecule has 0 unspecified atom stereocenters. The number of hydrogen-bond acceptors (Lipinski definition) is 3. The molecule has 132 valence electrons. The summed E-state index contributed by atoms with van der Waals surface area (Å²) in [5.74, 6) is 0.120. The standard InChI is InChI=1S/C21H21N3O2/c1-15(25)17-6-2-3-8-19(17)23-11-13-24(14-12-23)21(26)18-7-4-5-16-9-10-22-20(16)18/h2-10,22H,11-14H2,1H3. The fourth-order valence-electron chi connectivity index (χ4n) is 3.63. The minimum absolute atomic E-state index is 0.0533. The Labute approximate surface area is 152 Å². The molecule has 1 amide bonds. The van der Waals surface area contributed by atoms with Crippen LogP contribution in [0.3, 0.4) is 0 Å². The third kappa shape index (κ3) is 2.86. The lowest BCUT2D eigenvalue weighted by Gasteiger charge is -2.37. The van der Waals surface area contributed by atoms with E-state index in [4.69, 9.17) is 0 Å². The zero-order valence-electron chi connectivity index (χ0n) is 14.7. The van der Waals surface area contributed by atoms with Crippen molar-refractivity contribution in [2.75, 3.05) is 31.1 Å². The SMILES string of the molecule is CC(=O)c1ccccc1N1CCN(C(=O)c2cccc3cc[nH]c23)CC1. The number of aromatic amines is 1. The van der Waals surface area contributed by atoms with Crippen LogP contribution in [0.1, 0.15) is 27.6 Å². The summed E-state index contributed by atoms with van der Waals surface area (Å²) >= 11 is 0. The lowest BCUT2D eigenvalue weighted by Crippen LogP contribution is -2.49. The van der Waals surface area contributed by atoms with Gasteiger partial charge in [0.25, 0.3) is 5.91 Å². The minimum Gasteiger partial charge on any atom is -0.367 e. The summed E-state index contributed by atoms with van der Waals surface area (Å²) in [6.45, 7) is 4.31. The number of carbonyl (C=O) groups is 2. The molecule has 1 N–H and O–H groups in total. The molecule has 1 aromatic heterocycles. The number of amides is 1. The third-order valence-corrected chi connectivity index (χ3v) is 5.01. The zero-order chi connectivity index (χ0) is 18.1. The summed E-state index contributed by atoms with van der Waals surface area (Å²) < 4.78 is 0. The molecule has 0 bridgehead atoms. The zero-order valence-corrected chi connectivity index (χ0v) is 14.7. The highest BCUT2D eigenvalue weighted by molar-refractivity contribution is 6.05. The average Bonchev–Trinajstić information content (AvgIpc) is 3.16. The van der Waals surface area contributed by atoms with Crippen molar-refractivity contribution in [3.63, 3.8) is 0 Å². The minimum atomic E-state index is 0.0533. The van der Waals surface area contributed by atoms with Crippen molar-refractivity contribution in [2.45, 2.75) is 6.92 Å². The molecule has 0 spiro atoms. The van der Waals surface area contributed by atoms with Gasteiger partial charge in [-0.15, -0.1) is 0 Å². The number of piperazine rings is 1. The predicted molar refractivity (Wildman–Crippen MR) is 103 cm³/mol. The highest BCUT2D eigenvalue weighted by Crippen LogP contribution is 2.24. The van der Waals surface area contributed by atoms with Gasteiger partial charge in [-0.2, -0.15) is 0 Å². The Kier molecular flexibility index (Phi) is 4.21. The summed E-state index contributed by atoms with van der Waals surface area (Å²) in [6, 6.07) is 15.4. The first kappa shape index (κ1) is 16.4. The van der Waals surface area contributed by atoms with Gasteiger partial charge >= 0.3 is 0 Å². The van der Waals surface area contributed by atoms with Crippen molar-refractivity contribution < 1.29 is 9.59 Å². The van der Waals surface area contributed by atoms with Gasteiger partial charge in [-0.1, -0.05) is 24.3 Å². The van der Waals surface area contributed by atoms with Gasteiger partial charge in [0.05, 0.1) is 11.1 Å². The molecular weight excluding hydrogens is 326 g/mol. The number of rotatable bonds is 3. The predicted octanol–water partition coefficient (Wildman–Crippen LogP) is 3.33. The molecule has 4 rings (SSSR count). The summed E-state index contributed by atoms with van der Waals surface area (Å²) in [4.78, 5) is 32.1. The number of nitrogens with one attached hydrogen (secondary N) is 1. The average molecular weight is 347 g/mol. The van der Waals surface area contributed by atoms with Crippen molar-refractivity contribution in [1.82, 2.24) is 9.88 Å². The van der Waals surface area contributed by atoms with Gasteiger partial charge in [0, 0.05) is 49.0 Å². The smallest absolute Gasteiger partial charge is 0.256 e. The topological polar surface area (TPSA) is 56.4 Å². The van der Waals surface area contributed by atoms with Crippen LogP contribution in [0, 0.1) is 0 Å². The maximum absolute atomic E-state index is 13.0. The lowest BCUT2D eigenvalue weighted by atomic mass is 10.1. The van der Waals surface area contributed by atoms with E-state index in [0.717, 1.165) is 35.2 Å². The molecule has 0 atom stereocenters. The molecule has 5 heteroatoms. The molecule has 26 heavy (non-hydrogen) atoms. The molecule has 0 aliphatic carbocycles. The first-order chi connectivity index (χ1) is 12.6. The Morgan fingerprint density at radius 3 is 2.38 bits per heavy atom. The van der Waals surface area contributed by atoms with E-state index in [1.54, 1.807) is 6.92 Å². The molecule has 1 aliphatic rings. The van der Waals surface area contributed by atoms with E-state index >= 15 is 0 Å². The van der Waals surface area contributed by atoms with E-state index in [1.165, 1.54) is 0 Å². The fourth-order valence-corrected chi connectivity index (χ4v) is 3.63. The number of para-hydroxylation sites is 2. The molecule has 1 aliphatic heterocycles. The normalized spacial score (nSPS) is 14.7. The molecule has 0 saturated carbocycles. The van der Waals surface area contributed by atoms with E-state index < -0.39 is 0 Å². The summed E-state index contributed by atoms with van der Waals surface area (Å²) in [5, 5.41) is 1.05. The van der Waals surface area contributed by atoms with E-state index in [9.17, 15) is 9.59 Å². The number of Topliss-reactive ketones (excluding diaryl/α,β-unsaturated/α-hetero) is 1. The first-order valence-corrected chi connectivity index (χ1v) is 8.85. The molecule has 0 radical (unpaired) electrons. The largest absolute Gasteiger partial charge is 0.367 e. The van der Waals surface area contributed by atoms with Crippen LogP contribution < -0.4 is 4.90 Å². The molecule has 3 aromatic rings. The second-order valence-electron chi connectivity index (χ2n) is 6.60. The fraction of sp³-hybridized carbons (Fsp3) is 0.238. The Hall–Kier alpha value is -3.08. The Morgan fingerprint density at radius 2 is 1.62 bits per heavy atom. The number of ketones is 1.